The van der Waals surface area contributed by atoms with Crippen LogP contribution in [0.2, 0.25) is 0 Å². The van der Waals surface area contributed by atoms with Crippen molar-refractivity contribution in [1.82, 2.24) is 0 Å². The fourth-order valence-electron chi connectivity index (χ4n) is 1.38. The molecule has 0 aromatic rings. The van der Waals surface area contributed by atoms with E-state index in [1.807, 2.05) is 10.8 Å². The van der Waals surface area contributed by atoms with Gasteiger partial charge in [0, 0.05) is 24.7 Å². The third-order valence-electron chi connectivity index (χ3n) is 2.16. The molecule has 1 saturated heterocycles. The molecule has 0 aromatic heterocycles. The molecule has 15 heavy (non-hydrogen) atoms. The Balaban J connectivity index is 1.73. The lowest BCUT2D eigenvalue weighted by atomic mass is 10.1. The van der Waals surface area contributed by atoms with Crippen LogP contribution in [-0.4, -0.2) is 38.3 Å². The first-order chi connectivity index (χ1) is 7.43. The van der Waals surface area contributed by atoms with E-state index in [2.05, 4.69) is 10.8 Å². The molecule has 0 N–H and O–H groups in total. The van der Waals surface area contributed by atoms with Gasteiger partial charge in [0.15, 0.2) is 0 Å². The Morgan fingerprint density at radius 1 is 1.20 bits per heavy atom. The SMILES string of the molecule is COCOCOCCCCC1CCSS1. The van der Waals surface area contributed by atoms with Gasteiger partial charge in [0.2, 0.25) is 0 Å². The fraction of sp³-hybridized carbons (Fsp3) is 1.00. The second-order valence-electron chi connectivity index (χ2n) is 3.46. The number of hydrogen-bond acceptors (Lipinski definition) is 5. The number of rotatable bonds is 9. The Bertz CT molecular complexity index is 141. The lowest BCUT2D eigenvalue weighted by Crippen LogP contribution is -2.04. The highest BCUT2D eigenvalue weighted by molar-refractivity contribution is 8.77. The first-order valence-electron chi connectivity index (χ1n) is 5.36. The van der Waals surface area contributed by atoms with Gasteiger partial charge >= 0.3 is 0 Å². The maximum absolute atomic E-state index is 5.29. The zero-order valence-electron chi connectivity index (χ0n) is 9.28. The second kappa shape index (κ2) is 9.78. The molecule has 1 fully saturated rings. The van der Waals surface area contributed by atoms with E-state index in [9.17, 15) is 0 Å². The van der Waals surface area contributed by atoms with Crippen LogP contribution in [0.1, 0.15) is 25.7 Å². The molecule has 0 spiro atoms. The predicted octanol–water partition coefficient (Wildman–Crippen LogP) is 2.91. The molecule has 1 aliphatic heterocycles. The van der Waals surface area contributed by atoms with Crippen molar-refractivity contribution in [2.45, 2.75) is 30.9 Å². The van der Waals surface area contributed by atoms with Crippen LogP contribution in [0, 0.1) is 0 Å². The van der Waals surface area contributed by atoms with Gasteiger partial charge in [0.25, 0.3) is 0 Å². The quantitative estimate of drug-likeness (QED) is 0.357. The molecular formula is C10H20O3S2. The van der Waals surface area contributed by atoms with Crippen LogP contribution in [0.25, 0.3) is 0 Å². The zero-order valence-corrected chi connectivity index (χ0v) is 10.9. The summed E-state index contributed by atoms with van der Waals surface area (Å²) in [6, 6.07) is 0. The summed E-state index contributed by atoms with van der Waals surface area (Å²) in [6.45, 7) is 1.46. The van der Waals surface area contributed by atoms with Crippen molar-refractivity contribution in [3.63, 3.8) is 0 Å². The molecule has 1 heterocycles. The van der Waals surface area contributed by atoms with Gasteiger partial charge < -0.3 is 14.2 Å². The lowest BCUT2D eigenvalue weighted by molar-refractivity contribution is -0.120. The van der Waals surface area contributed by atoms with E-state index in [-0.39, 0.29) is 0 Å². The maximum atomic E-state index is 5.29. The van der Waals surface area contributed by atoms with Crippen molar-refractivity contribution in [1.29, 1.82) is 0 Å². The molecule has 90 valence electrons. The average Bonchev–Trinajstić information content (AvgIpc) is 2.75. The molecule has 0 bridgehead atoms. The third kappa shape index (κ3) is 7.47. The number of ether oxygens (including phenoxy) is 3. The average molecular weight is 252 g/mol. The van der Waals surface area contributed by atoms with E-state index in [1.165, 1.54) is 25.0 Å². The van der Waals surface area contributed by atoms with Crippen LogP contribution in [-0.2, 0) is 14.2 Å². The van der Waals surface area contributed by atoms with E-state index in [0.717, 1.165) is 18.3 Å². The summed E-state index contributed by atoms with van der Waals surface area (Å²) in [5.74, 6) is 1.33. The third-order valence-corrected chi connectivity index (χ3v) is 5.17. The van der Waals surface area contributed by atoms with E-state index >= 15 is 0 Å². The van der Waals surface area contributed by atoms with Gasteiger partial charge in [0.05, 0.1) is 0 Å². The maximum Gasteiger partial charge on any atom is 0.149 e. The minimum absolute atomic E-state index is 0.315. The molecule has 1 unspecified atom stereocenters. The molecule has 0 radical (unpaired) electrons. The smallest absolute Gasteiger partial charge is 0.149 e. The second-order valence-corrected chi connectivity index (χ2v) is 6.25. The highest BCUT2D eigenvalue weighted by atomic mass is 33.1. The summed E-state index contributed by atoms with van der Waals surface area (Å²) in [4.78, 5) is 0. The Labute approximate surface area is 100 Å². The number of hydrogen-bond donors (Lipinski definition) is 0. The van der Waals surface area contributed by atoms with E-state index in [4.69, 9.17) is 14.2 Å². The molecule has 3 nitrogen and oxygen atoms in total. The standard InChI is InChI=1S/C10H20O3S2/c1-11-8-13-9-12-6-3-2-4-10-5-7-14-15-10/h10H,2-9H2,1H3. The molecular weight excluding hydrogens is 232 g/mol. The summed E-state index contributed by atoms with van der Waals surface area (Å²) < 4.78 is 15.0. The van der Waals surface area contributed by atoms with Crippen molar-refractivity contribution in [3.8, 4) is 0 Å². The number of unbranched alkanes of at least 4 members (excludes halogenated alkanes) is 1. The Hall–Kier alpha value is 0.580. The molecule has 0 amide bonds. The molecule has 0 saturated carbocycles. The Morgan fingerprint density at radius 2 is 2.13 bits per heavy atom. The molecule has 1 rings (SSSR count). The fourth-order valence-corrected chi connectivity index (χ4v) is 4.40. The van der Waals surface area contributed by atoms with Gasteiger partial charge in [-0.1, -0.05) is 28.0 Å². The minimum atomic E-state index is 0.315. The van der Waals surface area contributed by atoms with Crippen LogP contribution >= 0.6 is 21.6 Å². The summed E-state index contributed by atoms with van der Waals surface area (Å²) >= 11 is 0. The van der Waals surface area contributed by atoms with Crippen LogP contribution in [0.15, 0.2) is 0 Å². The zero-order chi connectivity index (χ0) is 10.8. The Morgan fingerprint density at radius 3 is 2.87 bits per heavy atom. The number of methoxy groups -OCH3 is 1. The highest BCUT2D eigenvalue weighted by Crippen LogP contribution is 2.39. The van der Waals surface area contributed by atoms with Crippen LogP contribution in [0.5, 0.6) is 0 Å². The first kappa shape index (κ1) is 13.6. The van der Waals surface area contributed by atoms with Crippen molar-refractivity contribution in [2.75, 3.05) is 33.1 Å². The molecule has 5 heteroatoms. The summed E-state index contributed by atoms with van der Waals surface area (Å²) in [6.07, 6.45) is 5.12. The highest BCUT2D eigenvalue weighted by Gasteiger charge is 2.15. The molecule has 1 atom stereocenters. The largest absolute Gasteiger partial charge is 0.359 e. The predicted molar refractivity (Wildman–Crippen MR) is 66.1 cm³/mol. The van der Waals surface area contributed by atoms with Crippen LogP contribution in [0.3, 0.4) is 0 Å². The minimum Gasteiger partial charge on any atom is -0.359 e. The van der Waals surface area contributed by atoms with Crippen LogP contribution in [0.4, 0.5) is 0 Å². The lowest BCUT2D eigenvalue weighted by Gasteiger charge is -2.07. The molecule has 0 aromatic carbocycles. The van der Waals surface area contributed by atoms with E-state index in [1.54, 1.807) is 7.11 Å². The summed E-state index contributed by atoms with van der Waals surface area (Å²) in [5.41, 5.74) is 0. The van der Waals surface area contributed by atoms with Crippen molar-refractivity contribution in [3.05, 3.63) is 0 Å². The van der Waals surface area contributed by atoms with Crippen molar-refractivity contribution >= 4 is 21.6 Å². The monoisotopic (exact) mass is 252 g/mol. The van der Waals surface area contributed by atoms with Crippen molar-refractivity contribution in [2.24, 2.45) is 0 Å². The summed E-state index contributed by atoms with van der Waals surface area (Å²) in [7, 11) is 5.67. The van der Waals surface area contributed by atoms with Gasteiger partial charge in [-0.15, -0.1) is 0 Å². The first-order valence-corrected chi connectivity index (χ1v) is 7.74. The van der Waals surface area contributed by atoms with Gasteiger partial charge in [0.1, 0.15) is 13.6 Å². The van der Waals surface area contributed by atoms with E-state index < -0.39 is 0 Å². The molecule has 1 aliphatic rings. The normalized spacial score (nSPS) is 21.0. The van der Waals surface area contributed by atoms with Gasteiger partial charge in [-0.05, 0) is 19.3 Å². The van der Waals surface area contributed by atoms with Crippen LogP contribution < -0.4 is 0 Å². The van der Waals surface area contributed by atoms with E-state index in [0.29, 0.717) is 13.6 Å². The van der Waals surface area contributed by atoms with Gasteiger partial charge in [-0.25, -0.2) is 0 Å². The topological polar surface area (TPSA) is 27.7 Å². The molecule has 0 aliphatic carbocycles. The summed E-state index contributed by atoms with van der Waals surface area (Å²) in [5, 5.41) is 0.889. The Kier molecular flexibility index (Phi) is 8.90. The van der Waals surface area contributed by atoms with Gasteiger partial charge in [-0.2, -0.15) is 0 Å². The van der Waals surface area contributed by atoms with Gasteiger partial charge in [-0.3, -0.25) is 0 Å². The van der Waals surface area contributed by atoms with Crippen molar-refractivity contribution < 1.29 is 14.2 Å².